The molecule has 16 heavy (non-hydrogen) atoms. The zero-order valence-corrected chi connectivity index (χ0v) is 8.92. The van der Waals surface area contributed by atoms with Crippen molar-refractivity contribution in [2.45, 2.75) is 31.4 Å². The quantitative estimate of drug-likeness (QED) is 0.801. The summed E-state index contributed by atoms with van der Waals surface area (Å²) in [5, 5.41) is 12.8. The third kappa shape index (κ3) is 3.25. The molecule has 1 unspecified atom stereocenters. The molecular formula is C12H15F2NO. The molecule has 1 aromatic carbocycles. The van der Waals surface area contributed by atoms with Gasteiger partial charge in [0.25, 0.3) is 0 Å². The Morgan fingerprint density at radius 3 is 2.69 bits per heavy atom. The molecule has 0 saturated heterocycles. The van der Waals surface area contributed by atoms with Crippen molar-refractivity contribution in [3.05, 3.63) is 35.4 Å². The highest BCUT2D eigenvalue weighted by Gasteiger charge is 2.21. The molecule has 1 aliphatic carbocycles. The Bertz CT molecular complexity index is 366. The number of hydrogen-bond donors (Lipinski definition) is 2. The number of aliphatic hydroxyl groups excluding tert-OH is 1. The summed E-state index contributed by atoms with van der Waals surface area (Å²) in [6, 6.07) is 4.26. The molecule has 0 heterocycles. The van der Waals surface area contributed by atoms with Crippen LogP contribution in [0.1, 0.15) is 18.4 Å². The van der Waals surface area contributed by atoms with Crippen molar-refractivity contribution >= 4 is 0 Å². The summed E-state index contributed by atoms with van der Waals surface area (Å²) in [5.41, 5.74) is 0.615. The van der Waals surface area contributed by atoms with Crippen LogP contribution in [0.3, 0.4) is 0 Å². The zero-order valence-electron chi connectivity index (χ0n) is 8.92. The van der Waals surface area contributed by atoms with Gasteiger partial charge >= 0.3 is 0 Å². The highest BCUT2D eigenvalue weighted by Crippen LogP contribution is 2.18. The smallest absolute Gasteiger partial charge is 0.159 e. The van der Waals surface area contributed by atoms with E-state index in [4.69, 9.17) is 0 Å². The summed E-state index contributed by atoms with van der Waals surface area (Å²) >= 11 is 0. The van der Waals surface area contributed by atoms with Gasteiger partial charge < -0.3 is 10.4 Å². The van der Waals surface area contributed by atoms with E-state index in [1.54, 1.807) is 0 Å². The lowest BCUT2D eigenvalue weighted by atomic mass is 10.1. The molecule has 1 aromatic rings. The fraction of sp³-hybridized carbons (Fsp3) is 0.500. The van der Waals surface area contributed by atoms with Crippen molar-refractivity contribution < 1.29 is 13.9 Å². The zero-order chi connectivity index (χ0) is 11.5. The Morgan fingerprint density at radius 1 is 1.31 bits per heavy atom. The summed E-state index contributed by atoms with van der Waals surface area (Å²) in [5.74, 6) is -1.71. The van der Waals surface area contributed by atoms with E-state index in [1.807, 2.05) is 0 Å². The fourth-order valence-corrected chi connectivity index (χ4v) is 1.60. The molecule has 0 radical (unpaired) electrons. The molecule has 1 aliphatic rings. The van der Waals surface area contributed by atoms with Crippen LogP contribution in [0.4, 0.5) is 8.78 Å². The molecule has 2 N–H and O–H groups in total. The van der Waals surface area contributed by atoms with Gasteiger partial charge in [-0.15, -0.1) is 0 Å². The Balaban J connectivity index is 1.84. The van der Waals surface area contributed by atoms with Crippen LogP contribution in [0, 0.1) is 11.6 Å². The normalized spacial score (nSPS) is 17.4. The Kier molecular flexibility index (Phi) is 3.51. The first-order valence-corrected chi connectivity index (χ1v) is 5.50. The maximum atomic E-state index is 12.9. The molecule has 1 saturated carbocycles. The number of aliphatic hydroxyl groups is 1. The first-order chi connectivity index (χ1) is 7.65. The topological polar surface area (TPSA) is 32.3 Å². The molecule has 0 bridgehead atoms. The summed E-state index contributed by atoms with van der Waals surface area (Å²) in [7, 11) is 0. The number of halogens is 2. The van der Waals surface area contributed by atoms with Crippen LogP contribution in [0.15, 0.2) is 18.2 Å². The van der Waals surface area contributed by atoms with Crippen molar-refractivity contribution in [2.24, 2.45) is 0 Å². The molecule has 2 nitrogen and oxygen atoms in total. The van der Waals surface area contributed by atoms with Gasteiger partial charge in [0.2, 0.25) is 0 Å². The first kappa shape index (κ1) is 11.5. The van der Waals surface area contributed by atoms with Gasteiger partial charge in [-0.3, -0.25) is 0 Å². The van der Waals surface area contributed by atoms with Crippen LogP contribution < -0.4 is 5.32 Å². The van der Waals surface area contributed by atoms with E-state index in [-0.39, 0.29) is 0 Å². The van der Waals surface area contributed by atoms with E-state index in [2.05, 4.69) is 5.32 Å². The minimum absolute atomic E-state index is 0.344. The molecule has 1 fully saturated rings. The molecular weight excluding hydrogens is 212 g/mol. The van der Waals surface area contributed by atoms with Crippen LogP contribution in [0.5, 0.6) is 0 Å². The largest absolute Gasteiger partial charge is 0.391 e. The molecule has 4 heteroatoms. The number of rotatable bonds is 5. The van der Waals surface area contributed by atoms with Gasteiger partial charge in [0.15, 0.2) is 11.6 Å². The van der Waals surface area contributed by atoms with Crippen molar-refractivity contribution in [1.82, 2.24) is 5.32 Å². The highest BCUT2D eigenvalue weighted by atomic mass is 19.2. The second kappa shape index (κ2) is 4.89. The monoisotopic (exact) mass is 227 g/mol. The van der Waals surface area contributed by atoms with Crippen LogP contribution >= 0.6 is 0 Å². The minimum Gasteiger partial charge on any atom is -0.391 e. The molecule has 0 spiro atoms. The molecule has 0 aromatic heterocycles. The van der Waals surface area contributed by atoms with Crippen molar-refractivity contribution in [3.8, 4) is 0 Å². The van der Waals surface area contributed by atoms with Crippen LogP contribution in [-0.2, 0) is 6.42 Å². The molecule has 0 amide bonds. The average molecular weight is 227 g/mol. The molecule has 0 aliphatic heterocycles. The molecule has 1 atom stereocenters. The lowest BCUT2D eigenvalue weighted by Crippen LogP contribution is -2.29. The van der Waals surface area contributed by atoms with Gasteiger partial charge in [-0.05, 0) is 37.0 Å². The second-order valence-corrected chi connectivity index (χ2v) is 4.29. The van der Waals surface area contributed by atoms with Crippen LogP contribution in [0.25, 0.3) is 0 Å². The lowest BCUT2D eigenvalue weighted by Gasteiger charge is -2.11. The lowest BCUT2D eigenvalue weighted by molar-refractivity contribution is 0.171. The van der Waals surface area contributed by atoms with E-state index in [0.717, 1.165) is 25.0 Å². The van der Waals surface area contributed by atoms with Gasteiger partial charge in [-0.25, -0.2) is 8.78 Å². The predicted octanol–water partition coefficient (Wildman–Crippen LogP) is 1.62. The number of hydrogen-bond acceptors (Lipinski definition) is 2. The van der Waals surface area contributed by atoms with Gasteiger partial charge in [-0.2, -0.15) is 0 Å². The standard InChI is InChI=1S/C12H15F2NO/c13-11-4-1-8(6-12(11)14)5-10(16)7-15-9-2-3-9/h1,4,6,9-10,15-16H,2-3,5,7H2. The Hall–Kier alpha value is -1.00. The van der Waals surface area contributed by atoms with Crippen LogP contribution in [-0.4, -0.2) is 23.8 Å². The predicted molar refractivity (Wildman–Crippen MR) is 57.1 cm³/mol. The maximum Gasteiger partial charge on any atom is 0.159 e. The summed E-state index contributed by atoms with van der Waals surface area (Å²) in [6.45, 7) is 0.504. The van der Waals surface area contributed by atoms with Crippen LogP contribution in [0.2, 0.25) is 0 Å². The average Bonchev–Trinajstić information content (AvgIpc) is 3.04. The summed E-state index contributed by atoms with van der Waals surface area (Å²) in [6.07, 6.45) is 2.12. The summed E-state index contributed by atoms with van der Waals surface area (Å²) in [4.78, 5) is 0. The number of benzene rings is 1. The Morgan fingerprint density at radius 2 is 2.06 bits per heavy atom. The van der Waals surface area contributed by atoms with Gasteiger partial charge in [0.05, 0.1) is 6.10 Å². The summed E-state index contributed by atoms with van der Waals surface area (Å²) < 4.78 is 25.5. The Labute approximate surface area is 93.3 Å². The fourth-order valence-electron chi connectivity index (χ4n) is 1.60. The van der Waals surface area contributed by atoms with E-state index < -0.39 is 17.7 Å². The first-order valence-electron chi connectivity index (χ1n) is 5.50. The van der Waals surface area contributed by atoms with E-state index in [1.165, 1.54) is 6.07 Å². The SMILES string of the molecule is OC(CNC1CC1)Cc1ccc(F)c(F)c1. The van der Waals surface area contributed by atoms with Gasteiger partial charge in [0, 0.05) is 12.6 Å². The molecule has 2 rings (SSSR count). The third-order valence-corrected chi connectivity index (χ3v) is 2.67. The maximum absolute atomic E-state index is 12.9. The molecule has 88 valence electrons. The van der Waals surface area contributed by atoms with Crippen molar-refractivity contribution in [2.75, 3.05) is 6.54 Å². The van der Waals surface area contributed by atoms with E-state index in [0.29, 0.717) is 24.6 Å². The highest BCUT2D eigenvalue weighted by molar-refractivity contribution is 5.18. The van der Waals surface area contributed by atoms with E-state index in [9.17, 15) is 13.9 Å². The van der Waals surface area contributed by atoms with Crippen molar-refractivity contribution in [1.29, 1.82) is 0 Å². The minimum atomic E-state index is -0.861. The van der Waals surface area contributed by atoms with E-state index >= 15 is 0 Å². The number of nitrogens with one attached hydrogen (secondary N) is 1. The third-order valence-electron chi connectivity index (χ3n) is 2.67. The second-order valence-electron chi connectivity index (χ2n) is 4.29. The van der Waals surface area contributed by atoms with Crippen molar-refractivity contribution in [3.63, 3.8) is 0 Å². The van der Waals surface area contributed by atoms with Gasteiger partial charge in [0.1, 0.15) is 0 Å². The van der Waals surface area contributed by atoms with Gasteiger partial charge in [-0.1, -0.05) is 6.07 Å².